The van der Waals surface area contributed by atoms with Crippen molar-refractivity contribution in [3.63, 3.8) is 0 Å². The van der Waals surface area contributed by atoms with Gasteiger partial charge < -0.3 is 14.0 Å². The van der Waals surface area contributed by atoms with E-state index in [0.29, 0.717) is 30.5 Å². The highest BCUT2D eigenvalue weighted by Crippen LogP contribution is 2.29. The molecule has 0 amide bonds. The van der Waals surface area contributed by atoms with Gasteiger partial charge in [-0.1, -0.05) is 24.3 Å². The molecule has 0 radical (unpaired) electrons. The summed E-state index contributed by atoms with van der Waals surface area (Å²) in [5.41, 5.74) is 2.43. The van der Waals surface area contributed by atoms with Crippen molar-refractivity contribution in [3.8, 4) is 17.6 Å². The van der Waals surface area contributed by atoms with Crippen LogP contribution >= 0.6 is 0 Å². The lowest BCUT2D eigenvalue weighted by atomic mass is 10.0. The average Bonchev–Trinajstić information content (AvgIpc) is 3.06. The van der Waals surface area contributed by atoms with E-state index in [1.54, 1.807) is 10.6 Å². The van der Waals surface area contributed by atoms with Gasteiger partial charge in [0.1, 0.15) is 5.82 Å². The fourth-order valence-corrected chi connectivity index (χ4v) is 3.12. The van der Waals surface area contributed by atoms with E-state index in [0.717, 1.165) is 16.6 Å². The molecule has 0 aliphatic carbocycles. The highest BCUT2D eigenvalue weighted by atomic mass is 16.5. The van der Waals surface area contributed by atoms with Gasteiger partial charge in [-0.2, -0.15) is 5.26 Å². The zero-order valence-electron chi connectivity index (χ0n) is 16.8. The molecule has 3 aromatic rings. The molecular formula is C23H23N3O3. The summed E-state index contributed by atoms with van der Waals surface area (Å²) < 4.78 is 13.0. The summed E-state index contributed by atoms with van der Waals surface area (Å²) in [4.78, 5) is 17.2. The van der Waals surface area contributed by atoms with Crippen LogP contribution in [-0.2, 0) is 11.8 Å². The van der Waals surface area contributed by atoms with Crippen LogP contribution in [-0.4, -0.2) is 28.5 Å². The van der Waals surface area contributed by atoms with Gasteiger partial charge in [-0.15, -0.1) is 0 Å². The number of allylic oxidation sites excluding steroid dienone is 1. The summed E-state index contributed by atoms with van der Waals surface area (Å²) in [7, 11) is 1.81. The van der Waals surface area contributed by atoms with Crippen molar-refractivity contribution in [1.29, 1.82) is 5.26 Å². The van der Waals surface area contributed by atoms with Crippen LogP contribution < -0.4 is 9.47 Å². The molecule has 0 fully saturated rings. The Kier molecular flexibility index (Phi) is 6.30. The van der Waals surface area contributed by atoms with Crippen molar-refractivity contribution in [2.45, 2.75) is 19.8 Å². The molecule has 1 unspecified atom stereocenters. The van der Waals surface area contributed by atoms with E-state index >= 15 is 0 Å². The van der Waals surface area contributed by atoms with E-state index in [-0.39, 0.29) is 5.78 Å². The molecule has 0 bridgehead atoms. The standard InChI is InChI=1S/C23H23N3O3/c1-4-28-21-13-11-16(14-22(21)29-5-2)10-12-20(27)17(15-24)23-25-18-8-6-7-9-19(18)26(23)3/h6-14,17H,4-5H2,1-3H3/b12-10+. The lowest BCUT2D eigenvalue weighted by Crippen LogP contribution is -2.13. The number of carbonyl (C=O) groups is 1. The third kappa shape index (κ3) is 4.30. The normalized spacial score (nSPS) is 12.1. The van der Waals surface area contributed by atoms with Gasteiger partial charge in [-0.3, -0.25) is 4.79 Å². The second-order valence-corrected chi connectivity index (χ2v) is 6.39. The van der Waals surface area contributed by atoms with Gasteiger partial charge in [-0.05, 0) is 49.8 Å². The number of benzene rings is 2. The Morgan fingerprint density at radius 3 is 2.59 bits per heavy atom. The number of aromatic nitrogens is 2. The first-order valence-electron chi connectivity index (χ1n) is 9.51. The molecule has 6 heteroatoms. The highest BCUT2D eigenvalue weighted by molar-refractivity contribution is 6.00. The maximum atomic E-state index is 12.7. The minimum absolute atomic E-state index is 0.322. The average molecular weight is 389 g/mol. The number of imidazole rings is 1. The number of para-hydroxylation sites is 2. The predicted molar refractivity (Wildman–Crippen MR) is 112 cm³/mol. The molecule has 6 nitrogen and oxygen atoms in total. The van der Waals surface area contributed by atoms with Crippen LogP contribution in [0, 0.1) is 11.3 Å². The quantitative estimate of drug-likeness (QED) is 0.538. The summed E-state index contributed by atoms with van der Waals surface area (Å²) in [6.07, 6.45) is 3.09. The zero-order valence-corrected chi connectivity index (χ0v) is 16.8. The lowest BCUT2D eigenvalue weighted by Gasteiger charge is -2.11. The number of nitrogens with zero attached hydrogens (tertiary/aromatic N) is 3. The van der Waals surface area contributed by atoms with Crippen LogP contribution in [0.15, 0.2) is 48.5 Å². The SMILES string of the molecule is CCOc1ccc(/C=C/C(=O)C(C#N)c2nc3ccccc3n2C)cc1OCC. The summed E-state index contributed by atoms with van der Waals surface area (Å²) in [6, 6.07) is 15.1. The number of nitriles is 1. The number of hydrogen-bond donors (Lipinski definition) is 0. The Hall–Kier alpha value is -3.59. The minimum atomic E-state index is -0.974. The zero-order chi connectivity index (χ0) is 20.8. The van der Waals surface area contributed by atoms with Gasteiger partial charge in [-0.25, -0.2) is 4.98 Å². The molecule has 1 atom stereocenters. The molecule has 1 heterocycles. The van der Waals surface area contributed by atoms with Crippen LogP contribution in [0.5, 0.6) is 11.5 Å². The largest absolute Gasteiger partial charge is 0.490 e. The van der Waals surface area contributed by atoms with Gasteiger partial charge in [0, 0.05) is 7.05 Å². The number of rotatable bonds is 8. The third-order valence-electron chi connectivity index (χ3n) is 4.50. The van der Waals surface area contributed by atoms with E-state index < -0.39 is 5.92 Å². The van der Waals surface area contributed by atoms with E-state index in [4.69, 9.17) is 9.47 Å². The number of carbonyl (C=O) groups excluding carboxylic acids is 1. The van der Waals surface area contributed by atoms with Gasteiger partial charge in [0.15, 0.2) is 23.2 Å². The summed E-state index contributed by atoms with van der Waals surface area (Å²) in [6.45, 7) is 4.85. The van der Waals surface area contributed by atoms with E-state index in [2.05, 4.69) is 11.1 Å². The molecule has 3 rings (SSSR count). The van der Waals surface area contributed by atoms with E-state index in [1.807, 2.05) is 63.4 Å². The molecule has 0 spiro atoms. The highest BCUT2D eigenvalue weighted by Gasteiger charge is 2.24. The number of fused-ring (bicyclic) bond motifs is 1. The Labute approximate surface area is 170 Å². The lowest BCUT2D eigenvalue weighted by molar-refractivity contribution is -0.115. The van der Waals surface area contributed by atoms with Crippen molar-refractivity contribution in [3.05, 3.63) is 59.9 Å². The molecule has 0 aliphatic heterocycles. The first-order valence-corrected chi connectivity index (χ1v) is 9.51. The number of aryl methyl sites for hydroxylation is 1. The fraction of sp³-hybridized carbons (Fsp3) is 0.261. The molecular weight excluding hydrogens is 366 g/mol. The second kappa shape index (κ2) is 9.07. The van der Waals surface area contributed by atoms with E-state index in [9.17, 15) is 10.1 Å². The molecule has 29 heavy (non-hydrogen) atoms. The monoisotopic (exact) mass is 389 g/mol. The third-order valence-corrected chi connectivity index (χ3v) is 4.50. The first-order chi connectivity index (χ1) is 14.1. The predicted octanol–water partition coefficient (Wildman–Crippen LogP) is 4.26. The van der Waals surface area contributed by atoms with Gasteiger partial charge in [0.25, 0.3) is 0 Å². The molecule has 148 valence electrons. The van der Waals surface area contributed by atoms with Crippen molar-refractivity contribution < 1.29 is 14.3 Å². The number of ketones is 1. The van der Waals surface area contributed by atoms with Crippen LogP contribution in [0.25, 0.3) is 17.1 Å². The minimum Gasteiger partial charge on any atom is -0.490 e. The first kappa shape index (κ1) is 20.2. The molecule has 1 aromatic heterocycles. The summed E-state index contributed by atoms with van der Waals surface area (Å²) >= 11 is 0. The van der Waals surface area contributed by atoms with Crippen molar-refractivity contribution in [1.82, 2.24) is 9.55 Å². The van der Waals surface area contributed by atoms with Gasteiger partial charge in [0.05, 0.1) is 30.3 Å². The molecule has 0 aliphatic rings. The van der Waals surface area contributed by atoms with Gasteiger partial charge >= 0.3 is 0 Å². The fourth-order valence-electron chi connectivity index (χ4n) is 3.12. The van der Waals surface area contributed by atoms with E-state index in [1.165, 1.54) is 6.08 Å². The van der Waals surface area contributed by atoms with Crippen LogP contribution in [0.4, 0.5) is 0 Å². The molecule has 0 saturated carbocycles. The van der Waals surface area contributed by atoms with Crippen LogP contribution in [0.2, 0.25) is 0 Å². The maximum Gasteiger partial charge on any atom is 0.180 e. The number of hydrogen-bond acceptors (Lipinski definition) is 5. The van der Waals surface area contributed by atoms with Crippen molar-refractivity contribution >= 4 is 22.9 Å². The second-order valence-electron chi connectivity index (χ2n) is 6.39. The van der Waals surface area contributed by atoms with Crippen molar-refractivity contribution in [2.75, 3.05) is 13.2 Å². The van der Waals surface area contributed by atoms with Crippen LogP contribution in [0.1, 0.15) is 31.2 Å². The molecule has 0 N–H and O–H groups in total. The maximum absolute atomic E-state index is 12.7. The summed E-state index contributed by atoms with van der Waals surface area (Å²) in [5, 5.41) is 9.61. The Morgan fingerprint density at radius 2 is 1.90 bits per heavy atom. The Bertz CT molecular complexity index is 1090. The van der Waals surface area contributed by atoms with Crippen molar-refractivity contribution in [2.24, 2.45) is 7.05 Å². The smallest absolute Gasteiger partial charge is 0.180 e. The Morgan fingerprint density at radius 1 is 1.17 bits per heavy atom. The van der Waals surface area contributed by atoms with Crippen LogP contribution in [0.3, 0.4) is 0 Å². The number of ether oxygens (including phenoxy) is 2. The topological polar surface area (TPSA) is 77.1 Å². The van der Waals surface area contributed by atoms with Gasteiger partial charge in [0.2, 0.25) is 0 Å². The summed E-state index contributed by atoms with van der Waals surface area (Å²) in [5.74, 6) is 0.420. The molecule has 2 aromatic carbocycles. The molecule has 0 saturated heterocycles. The Balaban J connectivity index is 1.86.